The number of nitrogens with two attached hydrogens (primary N) is 1. The Labute approximate surface area is 124 Å². The quantitative estimate of drug-likeness (QED) is 0.745. The maximum Gasteiger partial charge on any atom is 0.251 e. The van der Waals surface area contributed by atoms with E-state index in [2.05, 4.69) is 13.8 Å². The smallest absolute Gasteiger partial charge is 0.251 e. The van der Waals surface area contributed by atoms with E-state index in [9.17, 15) is 4.79 Å². The van der Waals surface area contributed by atoms with Crippen LogP contribution in [-0.2, 0) is 9.53 Å². The minimum atomic E-state index is -0.279. The van der Waals surface area contributed by atoms with Crippen molar-refractivity contribution in [1.82, 2.24) is 4.90 Å². The van der Waals surface area contributed by atoms with Gasteiger partial charge in [0.05, 0.1) is 6.10 Å². The molecule has 4 heteroatoms. The molecule has 0 aromatic rings. The van der Waals surface area contributed by atoms with Crippen LogP contribution in [0.5, 0.6) is 0 Å². The van der Waals surface area contributed by atoms with Crippen LogP contribution in [0, 0.1) is 5.92 Å². The van der Waals surface area contributed by atoms with Gasteiger partial charge in [-0.05, 0) is 31.6 Å². The Morgan fingerprint density at radius 2 is 1.95 bits per heavy atom. The summed E-state index contributed by atoms with van der Waals surface area (Å²) < 4.78 is 5.98. The monoisotopic (exact) mass is 284 g/mol. The third kappa shape index (κ3) is 5.41. The van der Waals surface area contributed by atoms with E-state index in [4.69, 9.17) is 10.5 Å². The number of amides is 1. The van der Waals surface area contributed by atoms with Crippen molar-refractivity contribution in [3.05, 3.63) is 0 Å². The van der Waals surface area contributed by atoms with Crippen LogP contribution < -0.4 is 5.73 Å². The van der Waals surface area contributed by atoms with Crippen LogP contribution in [0.1, 0.15) is 59.3 Å². The largest absolute Gasteiger partial charge is 0.365 e. The van der Waals surface area contributed by atoms with Crippen molar-refractivity contribution in [1.29, 1.82) is 0 Å². The second kappa shape index (κ2) is 8.63. The summed E-state index contributed by atoms with van der Waals surface area (Å²) in [6, 6.07) is 0.154. The third-order valence-corrected chi connectivity index (χ3v) is 4.34. The van der Waals surface area contributed by atoms with E-state index < -0.39 is 0 Å². The summed E-state index contributed by atoms with van der Waals surface area (Å²) in [5.74, 6) is 0.561. The van der Waals surface area contributed by atoms with Crippen molar-refractivity contribution in [2.45, 2.75) is 77.5 Å². The zero-order chi connectivity index (χ0) is 15.1. The normalized spacial score (nSPS) is 19.3. The highest BCUT2D eigenvalue weighted by Gasteiger charge is 2.26. The average molecular weight is 284 g/mol. The molecule has 0 radical (unpaired) electrons. The summed E-state index contributed by atoms with van der Waals surface area (Å²) in [7, 11) is 1.86. The fraction of sp³-hybridized carbons (Fsp3) is 0.938. The molecular weight excluding hydrogens is 252 g/mol. The molecular formula is C16H32N2O2. The van der Waals surface area contributed by atoms with E-state index in [0.717, 1.165) is 25.7 Å². The van der Waals surface area contributed by atoms with Gasteiger partial charge in [-0.1, -0.05) is 33.6 Å². The van der Waals surface area contributed by atoms with E-state index >= 15 is 0 Å². The first kappa shape index (κ1) is 17.4. The van der Waals surface area contributed by atoms with Crippen LogP contribution in [0.25, 0.3) is 0 Å². The second-order valence-electron chi connectivity index (χ2n) is 6.40. The van der Waals surface area contributed by atoms with Crippen molar-refractivity contribution in [2.75, 3.05) is 13.6 Å². The molecule has 0 spiro atoms. The lowest BCUT2D eigenvalue weighted by molar-refractivity contribution is -0.146. The van der Waals surface area contributed by atoms with Crippen LogP contribution in [-0.4, -0.2) is 42.6 Å². The summed E-state index contributed by atoms with van der Waals surface area (Å²) in [6.45, 7) is 6.96. The maximum atomic E-state index is 12.4. The van der Waals surface area contributed by atoms with Gasteiger partial charge in [-0.25, -0.2) is 0 Å². The lowest BCUT2D eigenvalue weighted by Gasteiger charge is -2.27. The van der Waals surface area contributed by atoms with Gasteiger partial charge in [-0.15, -0.1) is 0 Å². The lowest BCUT2D eigenvalue weighted by atomic mass is 10.0. The van der Waals surface area contributed by atoms with Gasteiger partial charge < -0.3 is 15.4 Å². The minimum Gasteiger partial charge on any atom is -0.365 e. The SMILES string of the molecule is CCC(OC1CCCC1)C(=O)N(C)CCC(N)C(C)C. The molecule has 1 aliphatic carbocycles. The van der Waals surface area contributed by atoms with Crippen LogP contribution in [0.4, 0.5) is 0 Å². The molecule has 0 saturated heterocycles. The van der Waals surface area contributed by atoms with E-state index in [1.807, 2.05) is 14.0 Å². The molecule has 118 valence electrons. The second-order valence-corrected chi connectivity index (χ2v) is 6.40. The molecule has 2 N–H and O–H groups in total. The summed E-state index contributed by atoms with van der Waals surface area (Å²) in [6.07, 6.45) is 6.27. The number of nitrogens with zero attached hydrogens (tertiary/aromatic N) is 1. The molecule has 1 rings (SSSR count). The van der Waals surface area contributed by atoms with Gasteiger partial charge in [0.1, 0.15) is 6.10 Å². The highest BCUT2D eigenvalue weighted by atomic mass is 16.5. The van der Waals surface area contributed by atoms with Gasteiger partial charge in [0.2, 0.25) is 0 Å². The molecule has 4 nitrogen and oxygen atoms in total. The van der Waals surface area contributed by atoms with Gasteiger partial charge in [0, 0.05) is 19.6 Å². The number of likely N-dealkylation sites (N-methyl/N-ethyl adjacent to an activating group) is 1. The number of carbonyl (C=O) groups excluding carboxylic acids is 1. The highest BCUT2D eigenvalue weighted by Crippen LogP contribution is 2.23. The van der Waals surface area contributed by atoms with Crippen LogP contribution >= 0.6 is 0 Å². The topological polar surface area (TPSA) is 55.6 Å². The van der Waals surface area contributed by atoms with Crippen molar-refractivity contribution in [3.8, 4) is 0 Å². The minimum absolute atomic E-state index is 0.107. The predicted molar refractivity (Wildman–Crippen MR) is 82.5 cm³/mol. The standard InChI is InChI=1S/C16H32N2O2/c1-5-15(20-13-8-6-7-9-13)16(19)18(4)11-10-14(17)12(2)3/h12-15H,5-11,17H2,1-4H3. The number of ether oxygens (including phenoxy) is 1. The van der Waals surface area contributed by atoms with Crippen LogP contribution in [0.15, 0.2) is 0 Å². The number of rotatable bonds is 8. The molecule has 2 unspecified atom stereocenters. The van der Waals surface area contributed by atoms with Crippen molar-refractivity contribution in [2.24, 2.45) is 11.7 Å². The fourth-order valence-electron chi connectivity index (χ4n) is 2.62. The van der Waals surface area contributed by atoms with Crippen LogP contribution in [0.3, 0.4) is 0 Å². The summed E-state index contributed by atoms with van der Waals surface area (Å²) in [5.41, 5.74) is 6.04. The first-order valence-corrected chi connectivity index (χ1v) is 8.11. The molecule has 1 aliphatic rings. The highest BCUT2D eigenvalue weighted by molar-refractivity contribution is 5.80. The first-order valence-electron chi connectivity index (χ1n) is 8.11. The zero-order valence-corrected chi connectivity index (χ0v) is 13.6. The van der Waals surface area contributed by atoms with Crippen molar-refractivity contribution >= 4 is 5.91 Å². The van der Waals surface area contributed by atoms with E-state index in [1.165, 1.54) is 12.8 Å². The van der Waals surface area contributed by atoms with Gasteiger partial charge in [0.15, 0.2) is 0 Å². The Bertz CT molecular complexity index is 288. The van der Waals surface area contributed by atoms with E-state index in [0.29, 0.717) is 12.5 Å². The lowest BCUT2D eigenvalue weighted by Crippen LogP contribution is -2.41. The molecule has 1 amide bonds. The molecule has 0 bridgehead atoms. The van der Waals surface area contributed by atoms with E-state index in [1.54, 1.807) is 4.90 Å². The molecule has 1 saturated carbocycles. The molecule has 0 aromatic carbocycles. The van der Waals surface area contributed by atoms with Gasteiger partial charge in [-0.3, -0.25) is 4.79 Å². The first-order chi connectivity index (χ1) is 9.45. The summed E-state index contributed by atoms with van der Waals surface area (Å²) in [5, 5.41) is 0. The number of hydrogen-bond donors (Lipinski definition) is 1. The van der Waals surface area contributed by atoms with E-state index in [-0.39, 0.29) is 24.2 Å². The number of carbonyl (C=O) groups is 1. The van der Waals surface area contributed by atoms with Gasteiger partial charge >= 0.3 is 0 Å². The number of hydrogen-bond acceptors (Lipinski definition) is 3. The Morgan fingerprint density at radius 3 is 2.45 bits per heavy atom. The van der Waals surface area contributed by atoms with Crippen molar-refractivity contribution in [3.63, 3.8) is 0 Å². The Hall–Kier alpha value is -0.610. The maximum absolute atomic E-state index is 12.4. The zero-order valence-electron chi connectivity index (χ0n) is 13.6. The van der Waals surface area contributed by atoms with Crippen LogP contribution in [0.2, 0.25) is 0 Å². The average Bonchev–Trinajstić information content (AvgIpc) is 2.93. The molecule has 20 heavy (non-hydrogen) atoms. The Morgan fingerprint density at radius 1 is 1.35 bits per heavy atom. The predicted octanol–water partition coefficient (Wildman–Crippen LogP) is 2.56. The summed E-state index contributed by atoms with van der Waals surface area (Å²) in [4.78, 5) is 14.2. The Balaban J connectivity index is 2.39. The molecule has 0 aromatic heterocycles. The van der Waals surface area contributed by atoms with Gasteiger partial charge in [0.25, 0.3) is 5.91 Å². The molecule has 0 heterocycles. The molecule has 2 atom stereocenters. The third-order valence-electron chi connectivity index (χ3n) is 4.34. The molecule has 0 aliphatic heterocycles. The van der Waals surface area contributed by atoms with Crippen molar-refractivity contribution < 1.29 is 9.53 Å². The Kier molecular flexibility index (Phi) is 7.52. The molecule has 1 fully saturated rings. The summed E-state index contributed by atoms with van der Waals surface area (Å²) >= 11 is 0. The van der Waals surface area contributed by atoms with Gasteiger partial charge in [-0.2, -0.15) is 0 Å². The fourth-order valence-corrected chi connectivity index (χ4v) is 2.62.